The molecule has 0 amide bonds. The Bertz CT molecular complexity index is 763. The van der Waals surface area contributed by atoms with Gasteiger partial charge >= 0.3 is 0 Å². The first-order valence-electron chi connectivity index (χ1n) is 6.26. The fourth-order valence-electron chi connectivity index (χ4n) is 1.61. The Balaban J connectivity index is 2.09. The van der Waals surface area contributed by atoms with Crippen molar-refractivity contribution in [3.8, 4) is 0 Å². The van der Waals surface area contributed by atoms with Crippen LogP contribution in [0.5, 0.6) is 0 Å². The van der Waals surface area contributed by atoms with Crippen LogP contribution in [-0.4, -0.2) is 31.8 Å². The van der Waals surface area contributed by atoms with E-state index in [-0.39, 0.29) is 4.90 Å². The van der Waals surface area contributed by atoms with Crippen molar-refractivity contribution in [1.82, 2.24) is 9.29 Å². The summed E-state index contributed by atoms with van der Waals surface area (Å²) in [7, 11) is -0.473. The molecule has 0 fully saturated rings. The van der Waals surface area contributed by atoms with Gasteiger partial charge in [-0.25, -0.2) is 17.7 Å². The summed E-state index contributed by atoms with van der Waals surface area (Å²) in [5.41, 5.74) is 0.947. The fourth-order valence-corrected chi connectivity index (χ4v) is 3.85. The first-order chi connectivity index (χ1) is 10.3. The zero-order valence-electron chi connectivity index (χ0n) is 12.0. The molecule has 2 aromatic rings. The van der Waals surface area contributed by atoms with Gasteiger partial charge in [-0.1, -0.05) is 29.3 Å². The maximum atomic E-state index is 11.9. The van der Waals surface area contributed by atoms with Crippen LogP contribution in [0.3, 0.4) is 0 Å². The maximum absolute atomic E-state index is 11.9. The van der Waals surface area contributed by atoms with Crippen LogP contribution in [0.2, 0.25) is 10.0 Å². The summed E-state index contributed by atoms with van der Waals surface area (Å²) in [5.74, 6) is 0.628. The highest BCUT2D eigenvalue weighted by molar-refractivity contribution is 7.98. The Hall–Kier alpha value is -0.790. The van der Waals surface area contributed by atoms with Gasteiger partial charge in [-0.3, -0.25) is 0 Å². The van der Waals surface area contributed by atoms with Gasteiger partial charge in [-0.05, 0) is 29.8 Å². The van der Waals surface area contributed by atoms with Gasteiger partial charge < -0.3 is 0 Å². The molecule has 0 atom stereocenters. The first kappa shape index (κ1) is 17.6. The van der Waals surface area contributed by atoms with E-state index in [2.05, 4.69) is 4.98 Å². The number of aromatic nitrogens is 1. The Kier molecular flexibility index (Phi) is 5.74. The van der Waals surface area contributed by atoms with E-state index in [9.17, 15) is 8.42 Å². The molecule has 1 heterocycles. The third-order valence-corrected chi connectivity index (χ3v) is 6.26. The van der Waals surface area contributed by atoms with Crippen LogP contribution >= 0.6 is 35.0 Å². The molecule has 0 saturated heterocycles. The van der Waals surface area contributed by atoms with Crippen molar-refractivity contribution >= 4 is 45.0 Å². The van der Waals surface area contributed by atoms with E-state index < -0.39 is 10.0 Å². The number of sulfonamides is 1. The van der Waals surface area contributed by atoms with Gasteiger partial charge in [0.2, 0.25) is 10.0 Å². The topological polar surface area (TPSA) is 50.3 Å². The largest absolute Gasteiger partial charge is 0.249 e. The zero-order chi connectivity index (χ0) is 16.3. The Morgan fingerprint density at radius 3 is 2.45 bits per heavy atom. The molecule has 2 rings (SSSR count). The van der Waals surface area contributed by atoms with Crippen LogP contribution in [0.25, 0.3) is 0 Å². The lowest BCUT2D eigenvalue weighted by Crippen LogP contribution is -2.22. The first-order valence-corrected chi connectivity index (χ1v) is 9.44. The van der Waals surface area contributed by atoms with Crippen LogP contribution in [0.4, 0.5) is 0 Å². The molecular weight excluding hydrogens is 363 g/mol. The van der Waals surface area contributed by atoms with Gasteiger partial charge in [-0.15, -0.1) is 11.8 Å². The standard InChI is InChI=1S/C14H14Cl2N2O2S2/c1-18(2)22(19,20)12-5-6-14(17-8-12)21-9-10-3-4-11(15)7-13(10)16/h3-8H,9H2,1-2H3. The minimum atomic E-state index is -3.45. The number of thioether (sulfide) groups is 1. The summed E-state index contributed by atoms with van der Waals surface area (Å²) < 4.78 is 25.1. The smallest absolute Gasteiger partial charge is 0.244 e. The second-order valence-electron chi connectivity index (χ2n) is 4.64. The number of hydrogen-bond donors (Lipinski definition) is 0. The monoisotopic (exact) mass is 376 g/mol. The lowest BCUT2D eigenvalue weighted by Gasteiger charge is -2.11. The molecule has 0 bridgehead atoms. The predicted molar refractivity (Wildman–Crippen MR) is 91.1 cm³/mol. The average molecular weight is 377 g/mol. The molecule has 0 spiro atoms. The zero-order valence-corrected chi connectivity index (χ0v) is 15.1. The quantitative estimate of drug-likeness (QED) is 0.741. The summed E-state index contributed by atoms with van der Waals surface area (Å²) in [6.07, 6.45) is 1.36. The molecule has 0 unspecified atom stereocenters. The number of rotatable bonds is 5. The number of benzene rings is 1. The average Bonchev–Trinajstić information content (AvgIpc) is 2.46. The minimum absolute atomic E-state index is 0.173. The predicted octanol–water partition coefficient (Wildman–Crippen LogP) is 3.93. The van der Waals surface area contributed by atoms with Crippen molar-refractivity contribution < 1.29 is 8.42 Å². The van der Waals surface area contributed by atoms with Crippen LogP contribution in [0, 0.1) is 0 Å². The van der Waals surface area contributed by atoms with Gasteiger partial charge in [0.25, 0.3) is 0 Å². The molecule has 4 nitrogen and oxygen atoms in total. The summed E-state index contributed by atoms with van der Waals surface area (Å²) >= 11 is 13.4. The van der Waals surface area contributed by atoms with Crippen molar-refractivity contribution in [2.75, 3.05) is 14.1 Å². The maximum Gasteiger partial charge on any atom is 0.244 e. The number of nitrogens with zero attached hydrogens (tertiary/aromatic N) is 2. The van der Waals surface area contributed by atoms with Crippen molar-refractivity contribution in [3.05, 3.63) is 52.1 Å². The number of hydrogen-bond acceptors (Lipinski definition) is 4. The summed E-state index contributed by atoms with van der Waals surface area (Å²) in [4.78, 5) is 4.35. The lowest BCUT2D eigenvalue weighted by atomic mass is 10.2. The van der Waals surface area contributed by atoms with Crippen molar-refractivity contribution in [1.29, 1.82) is 0 Å². The van der Waals surface area contributed by atoms with E-state index in [1.807, 2.05) is 6.07 Å². The van der Waals surface area contributed by atoms with E-state index in [1.54, 1.807) is 24.3 Å². The molecule has 1 aromatic carbocycles. The molecule has 22 heavy (non-hydrogen) atoms. The molecule has 0 aliphatic heterocycles. The Morgan fingerprint density at radius 2 is 1.91 bits per heavy atom. The summed E-state index contributed by atoms with van der Waals surface area (Å²) in [6.45, 7) is 0. The third-order valence-electron chi connectivity index (χ3n) is 2.88. The van der Waals surface area contributed by atoms with Gasteiger partial charge in [0.05, 0.1) is 5.03 Å². The summed E-state index contributed by atoms with van der Waals surface area (Å²) in [6, 6.07) is 8.57. The van der Waals surface area contributed by atoms with Gasteiger partial charge in [0, 0.05) is 36.1 Å². The van der Waals surface area contributed by atoms with E-state index in [0.29, 0.717) is 15.8 Å². The molecular formula is C14H14Cl2N2O2S2. The van der Waals surface area contributed by atoms with Crippen molar-refractivity contribution in [3.63, 3.8) is 0 Å². The van der Waals surface area contributed by atoms with E-state index in [0.717, 1.165) is 14.9 Å². The number of halogens is 2. The molecule has 0 N–H and O–H groups in total. The van der Waals surface area contributed by atoms with E-state index in [1.165, 1.54) is 32.1 Å². The Labute approximate surface area is 144 Å². The van der Waals surface area contributed by atoms with Crippen LogP contribution in [0.1, 0.15) is 5.56 Å². The molecule has 0 saturated carbocycles. The normalized spacial score (nSPS) is 11.9. The second kappa shape index (κ2) is 7.19. The molecule has 0 radical (unpaired) electrons. The summed E-state index contributed by atoms with van der Waals surface area (Å²) in [5, 5.41) is 1.92. The molecule has 0 aliphatic rings. The second-order valence-corrected chi connectivity index (χ2v) is 8.64. The third kappa shape index (κ3) is 4.14. The van der Waals surface area contributed by atoms with Gasteiger partial charge in [-0.2, -0.15) is 0 Å². The SMILES string of the molecule is CN(C)S(=O)(=O)c1ccc(SCc2ccc(Cl)cc2Cl)nc1. The van der Waals surface area contributed by atoms with E-state index in [4.69, 9.17) is 23.2 Å². The number of pyridine rings is 1. The molecule has 8 heteroatoms. The lowest BCUT2D eigenvalue weighted by molar-refractivity contribution is 0.520. The Morgan fingerprint density at radius 1 is 1.18 bits per heavy atom. The van der Waals surface area contributed by atoms with Crippen LogP contribution in [-0.2, 0) is 15.8 Å². The van der Waals surface area contributed by atoms with E-state index >= 15 is 0 Å². The molecule has 1 aromatic heterocycles. The van der Waals surface area contributed by atoms with Crippen molar-refractivity contribution in [2.45, 2.75) is 15.7 Å². The molecule has 118 valence electrons. The highest BCUT2D eigenvalue weighted by atomic mass is 35.5. The molecule has 0 aliphatic carbocycles. The van der Waals surface area contributed by atoms with Crippen LogP contribution < -0.4 is 0 Å². The van der Waals surface area contributed by atoms with Gasteiger partial charge in [0.1, 0.15) is 4.90 Å². The minimum Gasteiger partial charge on any atom is -0.249 e. The van der Waals surface area contributed by atoms with Crippen LogP contribution in [0.15, 0.2) is 46.5 Å². The highest BCUT2D eigenvalue weighted by Crippen LogP contribution is 2.28. The highest BCUT2D eigenvalue weighted by Gasteiger charge is 2.17. The fraction of sp³-hybridized carbons (Fsp3) is 0.214. The van der Waals surface area contributed by atoms with Crippen molar-refractivity contribution in [2.24, 2.45) is 0 Å². The van der Waals surface area contributed by atoms with Gasteiger partial charge in [0.15, 0.2) is 0 Å².